The Morgan fingerprint density at radius 1 is 0.853 bits per heavy atom. The predicted octanol–water partition coefficient (Wildman–Crippen LogP) is 0.970. The third kappa shape index (κ3) is 10.7. The quantitative estimate of drug-likeness (QED) is 0.168. The zero-order chi connectivity index (χ0) is 24.1. The fourth-order valence-electron chi connectivity index (χ4n) is 3.03. The molecule has 0 heterocycles. The molecule has 8 N–H and O–H groups in total. The first-order chi connectivity index (χ1) is 15.8. The number of hydrogen-bond acceptors (Lipinski definition) is 5. The number of aliphatic imine (C=N–C) groups is 1. The summed E-state index contributed by atoms with van der Waals surface area (Å²) in [4.78, 5) is 41.0. The molecule has 0 aliphatic heterocycles. The Morgan fingerprint density at radius 2 is 1.44 bits per heavy atom. The number of guanidine groups is 1. The molecule has 0 aromatic heterocycles. The van der Waals surface area contributed by atoms with Gasteiger partial charge in [-0.15, -0.1) is 12.4 Å². The van der Waals surface area contributed by atoms with Crippen LogP contribution in [0.3, 0.4) is 0 Å². The van der Waals surface area contributed by atoms with Gasteiger partial charge in [-0.3, -0.25) is 14.6 Å². The van der Waals surface area contributed by atoms with Crippen LogP contribution in [0.1, 0.15) is 24.0 Å². The average Bonchev–Trinajstić information content (AvgIpc) is 2.80. The van der Waals surface area contributed by atoms with E-state index < -0.39 is 30.0 Å². The molecule has 184 valence electrons. The lowest BCUT2D eigenvalue weighted by molar-refractivity contribution is -0.128. The van der Waals surface area contributed by atoms with E-state index in [1.165, 1.54) is 0 Å². The number of nitrogens with two attached hydrogens (primary N) is 3. The number of carbonyl (C=O) groups is 3. The van der Waals surface area contributed by atoms with Crippen LogP contribution >= 0.6 is 12.4 Å². The number of hydrogen-bond donors (Lipinski definition) is 5. The molecule has 2 aromatic carbocycles. The van der Waals surface area contributed by atoms with Crippen molar-refractivity contribution in [3.05, 3.63) is 71.8 Å². The molecule has 0 bridgehead atoms. The number of rotatable bonds is 12. The monoisotopic (exact) mass is 490 g/mol. The smallest absolute Gasteiger partial charge is 0.408 e. The highest BCUT2D eigenvalue weighted by molar-refractivity contribution is 5.90. The van der Waals surface area contributed by atoms with Crippen LogP contribution in [0.4, 0.5) is 4.79 Å². The Balaban J connectivity index is 0.00000578. The van der Waals surface area contributed by atoms with Gasteiger partial charge in [-0.25, -0.2) is 4.79 Å². The van der Waals surface area contributed by atoms with Crippen LogP contribution in [0.2, 0.25) is 0 Å². The standard InChI is InChI=1S/C23H30N6O4.ClH/c24-20(30)18(12-7-13-27-22(25)26)28-21(31)19(14-16-8-3-1-4-9-16)29-23(32)33-15-17-10-5-2-6-11-17;/h1-6,8-11,18-19H,7,12-15H2,(H2,24,30)(H,28,31)(H,29,32)(H4,25,26,27);1H/t18-,19-;/m0./s1. The van der Waals surface area contributed by atoms with Crippen molar-refractivity contribution in [2.75, 3.05) is 6.54 Å². The van der Waals surface area contributed by atoms with Crippen LogP contribution < -0.4 is 27.8 Å². The van der Waals surface area contributed by atoms with Crippen molar-refractivity contribution in [2.24, 2.45) is 22.2 Å². The van der Waals surface area contributed by atoms with Gasteiger partial charge in [-0.1, -0.05) is 60.7 Å². The molecular formula is C23H31ClN6O4. The minimum atomic E-state index is -0.977. The molecule has 0 saturated carbocycles. The molecule has 2 aromatic rings. The van der Waals surface area contributed by atoms with E-state index in [-0.39, 0.29) is 37.8 Å². The number of nitrogens with zero attached hydrogens (tertiary/aromatic N) is 1. The van der Waals surface area contributed by atoms with E-state index in [1.807, 2.05) is 60.7 Å². The van der Waals surface area contributed by atoms with Gasteiger partial charge in [0, 0.05) is 13.0 Å². The maximum absolute atomic E-state index is 13.0. The summed E-state index contributed by atoms with van der Waals surface area (Å²) in [6.07, 6.45) is 0.126. The number of benzene rings is 2. The first kappa shape index (κ1) is 28.2. The molecule has 0 radical (unpaired) electrons. The van der Waals surface area contributed by atoms with Crippen molar-refractivity contribution in [3.63, 3.8) is 0 Å². The minimum absolute atomic E-state index is 0. The van der Waals surface area contributed by atoms with Crippen molar-refractivity contribution < 1.29 is 19.1 Å². The van der Waals surface area contributed by atoms with Gasteiger partial charge in [0.2, 0.25) is 11.8 Å². The lowest BCUT2D eigenvalue weighted by Crippen LogP contribution is -2.53. The number of halogens is 1. The Kier molecular flexibility index (Phi) is 12.6. The van der Waals surface area contributed by atoms with Crippen LogP contribution in [0.5, 0.6) is 0 Å². The maximum Gasteiger partial charge on any atom is 0.408 e. The molecule has 10 nitrogen and oxygen atoms in total. The molecule has 0 aliphatic rings. The second-order valence-electron chi connectivity index (χ2n) is 7.36. The predicted molar refractivity (Wildman–Crippen MR) is 132 cm³/mol. The molecule has 3 amide bonds. The topological polar surface area (TPSA) is 175 Å². The SMILES string of the molecule is Cl.NC(=O)[C@H](CCCN=C(N)N)NC(=O)[C@H](Cc1ccccc1)NC(=O)OCc1ccccc1. The van der Waals surface area contributed by atoms with Gasteiger partial charge < -0.3 is 32.6 Å². The lowest BCUT2D eigenvalue weighted by Gasteiger charge is -2.22. The van der Waals surface area contributed by atoms with Crippen molar-refractivity contribution in [2.45, 2.75) is 38.0 Å². The number of primary amides is 1. The van der Waals surface area contributed by atoms with E-state index in [2.05, 4.69) is 15.6 Å². The number of amides is 3. The number of alkyl carbamates (subject to hydrolysis) is 1. The average molecular weight is 491 g/mol. The third-order valence-electron chi connectivity index (χ3n) is 4.71. The normalized spacial score (nSPS) is 11.8. The van der Waals surface area contributed by atoms with E-state index in [0.29, 0.717) is 13.0 Å². The fourth-order valence-corrected chi connectivity index (χ4v) is 3.03. The number of carbonyl (C=O) groups excluding carboxylic acids is 3. The largest absolute Gasteiger partial charge is 0.445 e. The minimum Gasteiger partial charge on any atom is -0.445 e. The Morgan fingerprint density at radius 3 is 2.00 bits per heavy atom. The first-order valence-electron chi connectivity index (χ1n) is 10.5. The van der Waals surface area contributed by atoms with E-state index in [1.54, 1.807) is 0 Å². The molecule has 2 rings (SSSR count). The highest BCUT2D eigenvalue weighted by atomic mass is 35.5. The van der Waals surface area contributed by atoms with Crippen LogP contribution in [0, 0.1) is 0 Å². The Labute approximate surface area is 204 Å². The summed E-state index contributed by atoms with van der Waals surface area (Å²) in [7, 11) is 0. The van der Waals surface area contributed by atoms with Gasteiger partial charge in [0.15, 0.2) is 5.96 Å². The zero-order valence-corrected chi connectivity index (χ0v) is 19.5. The van der Waals surface area contributed by atoms with Gasteiger partial charge in [0.25, 0.3) is 0 Å². The van der Waals surface area contributed by atoms with Crippen molar-refractivity contribution in [1.82, 2.24) is 10.6 Å². The van der Waals surface area contributed by atoms with Crippen LogP contribution in [0.15, 0.2) is 65.7 Å². The second kappa shape index (κ2) is 15.1. The maximum atomic E-state index is 13.0. The van der Waals surface area contributed by atoms with Crippen LogP contribution in [-0.2, 0) is 27.4 Å². The van der Waals surface area contributed by atoms with Crippen molar-refractivity contribution in [1.29, 1.82) is 0 Å². The van der Waals surface area contributed by atoms with Crippen LogP contribution in [0.25, 0.3) is 0 Å². The van der Waals surface area contributed by atoms with E-state index in [4.69, 9.17) is 21.9 Å². The first-order valence-corrected chi connectivity index (χ1v) is 10.5. The summed E-state index contributed by atoms with van der Waals surface area (Å²) < 4.78 is 5.24. The summed E-state index contributed by atoms with van der Waals surface area (Å²) in [5, 5.41) is 5.19. The number of ether oxygens (including phenoxy) is 1. The van der Waals surface area contributed by atoms with Crippen molar-refractivity contribution >= 4 is 36.3 Å². The molecule has 0 saturated heterocycles. The highest BCUT2D eigenvalue weighted by Crippen LogP contribution is 2.07. The molecule has 11 heteroatoms. The number of nitrogens with one attached hydrogen (secondary N) is 2. The molecule has 0 fully saturated rings. The molecule has 34 heavy (non-hydrogen) atoms. The van der Waals surface area contributed by atoms with Gasteiger partial charge in [-0.2, -0.15) is 0 Å². The summed E-state index contributed by atoms with van der Waals surface area (Å²) in [6, 6.07) is 16.4. The molecular weight excluding hydrogens is 460 g/mol. The van der Waals surface area contributed by atoms with Crippen LogP contribution in [-0.4, -0.2) is 42.5 Å². The van der Waals surface area contributed by atoms with Gasteiger partial charge >= 0.3 is 6.09 Å². The molecule has 0 aliphatic carbocycles. The summed E-state index contributed by atoms with van der Waals surface area (Å²) >= 11 is 0. The summed E-state index contributed by atoms with van der Waals surface area (Å²) in [5.41, 5.74) is 17.6. The van der Waals surface area contributed by atoms with E-state index in [9.17, 15) is 14.4 Å². The zero-order valence-electron chi connectivity index (χ0n) is 18.7. The van der Waals surface area contributed by atoms with E-state index in [0.717, 1.165) is 11.1 Å². The third-order valence-corrected chi connectivity index (χ3v) is 4.71. The van der Waals surface area contributed by atoms with Gasteiger partial charge in [0.05, 0.1) is 0 Å². The fraction of sp³-hybridized carbons (Fsp3) is 0.304. The second-order valence-corrected chi connectivity index (χ2v) is 7.36. The molecule has 2 atom stereocenters. The summed E-state index contributed by atoms with van der Waals surface area (Å²) in [6.45, 7) is 0.348. The van der Waals surface area contributed by atoms with Gasteiger partial charge in [0.1, 0.15) is 18.7 Å². The highest BCUT2D eigenvalue weighted by Gasteiger charge is 2.26. The molecule has 0 unspecified atom stereocenters. The lowest BCUT2D eigenvalue weighted by atomic mass is 10.0. The molecule has 0 spiro atoms. The van der Waals surface area contributed by atoms with Gasteiger partial charge in [-0.05, 0) is 24.0 Å². The van der Waals surface area contributed by atoms with E-state index >= 15 is 0 Å². The Bertz CT molecular complexity index is 939. The van der Waals surface area contributed by atoms with Crippen molar-refractivity contribution in [3.8, 4) is 0 Å². The Hall–Kier alpha value is -3.79. The summed E-state index contributed by atoms with van der Waals surface area (Å²) in [5.74, 6) is -1.31.